The highest BCUT2D eigenvalue weighted by atomic mass is 127. The van der Waals surface area contributed by atoms with Crippen LogP contribution >= 0.6 is 11.8 Å². The summed E-state index contributed by atoms with van der Waals surface area (Å²) in [4.78, 5) is 0. The van der Waals surface area contributed by atoms with Crippen LogP contribution in [0.15, 0.2) is 0 Å². The third kappa shape index (κ3) is 24.5. The van der Waals surface area contributed by atoms with E-state index in [1.165, 1.54) is 158 Å². The van der Waals surface area contributed by atoms with E-state index in [9.17, 15) is 0 Å². The van der Waals surface area contributed by atoms with Crippen LogP contribution in [0.3, 0.4) is 0 Å². The smallest absolute Gasteiger partial charge is 0.135 e. The van der Waals surface area contributed by atoms with E-state index in [1.807, 2.05) is 0 Å². The molecule has 0 aromatic heterocycles. The zero-order valence-electron chi connectivity index (χ0n) is 23.8. The SMILES string of the molecule is CCCCCCCCCCCCCCCCCC[N+](C)(C)C(CCC)SCCCCCC.[I-]. The molecule has 0 heterocycles. The van der Waals surface area contributed by atoms with E-state index in [-0.39, 0.29) is 24.0 Å². The summed E-state index contributed by atoms with van der Waals surface area (Å²) in [5.41, 5.74) is 0. The normalized spacial score (nSPS) is 12.6. The van der Waals surface area contributed by atoms with Crippen molar-refractivity contribution in [3.63, 3.8) is 0 Å². The van der Waals surface area contributed by atoms with Gasteiger partial charge in [0, 0.05) is 6.42 Å². The quantitative estimate of drug-likeness (QED) is 0.0425. The van der Waals surface area contributed by atoms with E-state index in [0.29, 0.717) is 0 Å². The second-order valence-corrected chi connectivity index (χ2v) is 12.3. The fraction of sp³-hybridized carbons (Fsp3) is 1.00. The Morgan fingerprint density at radius 3 is 1.24 bits per heavy atom. The molecule has 0 N–H and O–H groups in total. The first-order valence-electron chi connectivity index (χ1n) is 15.0. The van der Waals surface area contributed by atoms with Gasteiger partial charge in [-0.3, -0.25) is 0 Å². The first-order chi connectivity index (χ1) is 15.6. The summed E-state index contributed by atoms with van der Waals surface area (Å²) in [6, 6.07) is 0. The molecule has 1 unspecified atom stereocenters. The lowest BCUT2D eigenvalue weighted by Crippen LogP contribution is -3.00. The Bertz CT molecular complexity index is 361. The van der Waals surface area contributed by atoms with Gasteiger partial charge < -0.3 is 28.5 Å². The number of quaternary nitrogens is 1. The second kappa shape index (κ2) is 27.6. The van der Waals surface area contributed by atoms with Crippen molar-refractivity contribution < 1.29 is 28.5 Å². The molecule has 0 aliphatic carbocycles. The van der Waals surface area contributed by atoms with Gasteiger partial charge >= 0.3 is 0 Å². The molecule has 0 bridgehead atoms. The number of hydrogen-bond donors (Lipinski definition) is 0. The molecule has 0 aromatic rings. The van der Waals surface area contributed by atoms with Crippen LogP contribution in [-0.4, -0.2) is 36.2 Å². The van der Waals surface area contributed by atoms with Crippen LogP contribution in [-0.2, 0) is 0 Å². The van der Waals surface area contributed by atoms with Crippen LogP contribution in [0.1, 0.15) is 162 Å². The molecular weight excluding hydrogens is 533 g/mol. The Hall–Kier alpha value is 1.04. The number of thioether (sulfide) groups is 1. The number of hydrogen-bond acceptors (Lipinski definition) is 1. The summed E-state index contributed by atoms with van der Waals surface area (Å²) in [5, 5.41) is 0.804. The van der Waals surface area contributed by atoms with Gasteiger partial charge in [-0.25, -0.2) is 0 Å². The van der Waals surface area contributed by atoms with E-state index < -0.39 is 0 Å². The van der Waals surface area contributed by atoms with Crippen molar-refractivity contribution in [1.82, 2.24) is 0 Å². The molecule has 0 spiro atoms. The predicted molar refractivity (Wildman–Crippen MR) is 152 cm³/mol. The Morgan fingerprint density at radius 2 is 0.848 bits per heavy atom. The number of unbranched alkanes of at least 4 members (excludes halogenated alkanes) is 18. The standard InChI is InChI=1S/C30H64NS.HI/c1-6-9-11-13-14-15-16-17-18-19-20-21-22-23-24-25-28-31(4,5)30(27-8-3)32-29-26-12-10-7-2;/h30H,6-29H2,1-5H3;1H/q+1;/p-1. The topological polar surface area (TPSA) is 0 Å². The van der Waals surface area contributed by atoms with Gasteiger partial charge in [0.2, 0.25) is 0 Å². The number of nitrogens with zero attached hydrogens (tertiary/aromatic N) is 1. The highest BCUT2D eigenvalue weighted by molar-refractivity contribution is 7.99. The van der Waals surface area contributed by atoms with Gasteiger partial charge in [-0.2, -0.15) is 0 Å². The van der Waals surface area contributed by atoms with Crippen molar-refractivity contribution in [3.05, 3.63) is 0 Å². The second-order valence-electron chi connectivity index (χ2n) is 11.0. The third-order valence-electron chi connectivity index (χ3n) is 7.21. The van der Waals surface area contributed by atoms with Crippen LogP contribution in [0.4, 0.5) is 0 Å². The van der Waals surface area contributed by atoms with Gasteiger partial charge in [0.1, 0.15) is 5.37 Å². The molecule has 33 heavy (non-hydrogen) atoms. The minimum atomic E-state index is 0. The van der Waals surface area contributed by atoms with Crippen molar-refractivity contribution in [3.8, 4) is 0 Å². The first-order valence-corrected chi connectivity index (χ1v) is 16.1. The molecule has 0 aliphatic rings. The van der Waals surface area contributed by atoms with Gasteiger partial charge in [0.05, 0.1) is 20.6 Å². The third-order valence-corrected chi connectivity index (χ3v) is 8.93. The van der Waals surface area contributed by atoms with Crippen LogP contribution in [0.2, 0.25) is 0 Å². The monoisotopic (exact) mass is 597 g/mol. The number of halogens is 1. The van der Waals surface area contributed by atoms with Crippen LogP contribution < -0.4 is 24.0 Å². The minimum Gasteiger partial charge on any atom is -1.00 e. The lowest BCUT2D eigenvalue weighted by Gasteiger charge is -2.38. The molecule has 0 radical (unpaired) electrons. The van der Waals surface area contributed by atoms with Crippen molar-refractivity contribution in [2.24, 2.45) is 0 Å². The Balaban J connectivity index is 0. The fourth-order valence-electron chi connectivity index (χ4n) is 4.84. The zero-order chi connectivity index (χ0) is 23.8. The fourth-order valence-corrected chi connectivity index (χ4v) is 6.40. The molecule has 1 nitrogen and oxygen atoms in total. The highest BCUT2D eigenvalue weighted by Crippen LogP contribution is 2.27. The average molecular weight is 598 g/mol. The highest BCUT2D eigenvalue weighted by Gasteiger charge is 2.27. The van der Waals surface area contributed by atoms with Crippen molar-refractivity contribution >= 4 is 11.8 Å². The molecule has 3 heteroatoms. The maximum atomic E-state index is 2.49. The largest absolute Gasteiger partial charge is 1.00 e. The first kappa shape index (κ1) is 36.2. The lowest BCUT2D eigenvalue weighted by molar-refractivity contribution is -0.900. The van der Waals surface area contributed by atoms with Crippen molar-refractivity contribution in [1.29, 1.82) is 0 Å². The predicted octanol–water partition coefficient (Wildman–Crippen LogP) is 7.77. The Labute approximate surface area is 233 Å². The summed E-state index contributed by atoms with van der Waals surface area (Å²) in [6.07, 6.45) is 31.7. The molecule has 0 amide bonds. The molecule has 0 saturated carbocycles. The molecule has 202 valence electrons. The van der Waals surface area contributed by atoms with E-state index in [2.05, 4.69) is 46.6 Å². The zero-order valence-corrected chi connectivity index (χ0v) is 26.8. The molecule has 0 aromatic carbocycles. The van der Waals surface area contributed by atoms with Gasteiger partial charge in [-0.05, 0) is 31.4 Å². The minimum absolute atomic E-state index is 0. The lowest BCUT2D eigenvalue weighted by atomic mass is 10.0. The Kier molecular flexibility index (Phi) is 30.3. The van der Waals surface area contributed by atoms with E-state index in [1.54, 1.807) is 0 Å². The summed E-state index contributed by atoms with van der Waals surface area (Å²) in [7, 11) is 4.98. The van der Waals surface area contributed by atoms with Crippen LogP contribution in [0.5, 0.6) is 0 Å². The summed E-state index contributed by atoms with van der Waals surface area (Å²) < 4.78 is 1.23. The maximum absolute atomic E-state index is 2.49. The van der Waals surface area contributed by atoms with Gasteiger partial charge in [0.15, 0.2) is 0 Å². The van der Waals surface area contributed by atoms with E-state index >= 15 is 0 Å². The summed E-state index contributed by atoms with van der Waals surface area (Å²) in [5.74, 6) is 1.37. The van der Waals surface area contributed by atoms with Gasteiger partial charge in [-0.15, -0.1) is 0 Å². The van der Waals surface area contributed by atoms with E-state index in [4.69, 9.17) is 0 Å². The van der Waals surface area contributed by atoms with Crippen LogP contribution in [0, 0.1) is 0 Å². The van der Waals surface area contributed by atoms with Crippen LogP contribution in [0.25, 0.3) is 0 Å². The molecule has 0 saturated heterocycles. The van der Waals surface area contributed by atoms with Crippen molar-refractivity contribution in [2.45, 2.75) is 167 Å². The van der Waals surface area contributed by atoms with Crippen molar-refractivity contribution in [2.75, 3.05) is 26.4 Å². The van der Waals surface area contributed by atoms with Gasteiger partial charge in [0.25, 0.3) is 0 Å². The molecular formula is C30H64INS. The maximum Gasteiger partial charge on any atom is 0.135 e. The average Bonchev–Trinajstić information content (AvgIpc) is 2.77. The molecule has 0 fully saturated rings. The van der Waals surface area contributed by atoms with Gasteiger partial charge in [-0.1, -0.05) is 142 Å². The molecule has 0 aliphatic heterocycles. The molecule has 1 atom stereocenters. The molecule has 0 rings (SSSR count). The summed E-state index contributed by atoms with van der Waals surface area (Å²) >= 11 is 2.26. The Morgan fingerprint density at radius 1 is 0.485 bits per heavy atom. The van der Waals surface area contributed by atoms with E-state index in [0.717, 1.165) is 5.37 Å². The number of rotatable bonds is 26. The summed E-state index contributed by atoms with van der Waals surface area (Å²) in [6.45, 7) is 8.34.